The number of carbonyl (C=O) groups is 18. The number of carbonyl (C=O) groups excluding carboxylic acids is 14. The fourth-order valence-corrected chi connectivity index (χ4v) is 14.9. The minimum atomic E-state index is -1.91. The van der Waals surface area contributed by atoms with Crippen LogP contribution in [0.25, 0.3) is 0 Å². The van der Waals surface area contributed by atoms with Crippen LogP contribution in [-0.2, 0) is 102 Å². The number of carboxylic acid groups (broad SMARTS) is 4. The van der Waals surface area contributed by atoms with Gasteiger partial charge in [0, 0.05) is 96.3 Å². The van der Waals surface area contributed by atoms with E-state index in [4.69, 9.17) is 26.7 Å². The molecular weight excluding hydrogens is 1540 g/mol. The number of ether oxygens (including phenoxy) is 2. The number of aliphatic carboxylic acids is 4. The number of nitrogens with two attached hydrogens (primary N) is 3. The Hall–Kier alpha value is -9.96. The van der Waals surface area contributed by atoms with E-state index in [2.05, 4.69) is 42.5 Å². The number of hydrogen-bond acceptors (Lipinski definition) is 27. The maximum atomic E-state index is 15.1. The zero-order chi connectivity index (χ0) is 84.1. The molecule has 0 radical (unpaired) electrons. The van der Waals surface area contributed by atoms with Gasteiger partial charge in [0.15, 0.2) is 0 Å². The second kappa shape index (κ2) is 49.0. The molecule has 0 spiro atoms. The molecule has 114 heavy (non-hydrogen) atoms. The highest BCUT2D eigenvalue weighted by molar-refractivity contribution is 8.08. The highest BCUT2D eigenvalue weighted by atomic mass is 32.2. The zero-order valence-corrected chi connectivity index (χ0v) is 65.2. The van der Waals surface area contributed by atoms with Gasteiger partial charge >= 0.3 is 23.9 Å². The topological polar surface area (TPSA) is 621 Å². The van der Waals surface area contributed by atoms with E-state index in [1.54, 1.807) is 49.9 Å². The van der Waals surface area contributed by atoms with Gasteiger partial charge in [0.05, 0.1) is 74.8 Å². The third kappa shape index (κ3) is 33.6. The zero-order valence-electron chi connectivity index (χ0n) is 63.6. The number of aliphatic hydroxyl groups is 1. The highest BCUT2D eigenvalue weighted by Gasteiger charge is 2.45. The summed E-state index contributed by atoms with van der Waals surface area (Å²) in [4.78, 5) is 246. The molecule has 0 saturated carbocycles. The molecule has 4 aliphatic heterocycles. The number of likely N-dealkylation sites (tertiary alicyclic amines) is 2. The van der Waals surface area contributed by atoms with E-state index in [9.17, 15) is 107 Å². The van der Waals surface area contributed by atoms with Crippen LogP contribution in [0.5, 0.6) is 0 Å². The summed E-state index contributed by atoms with van der Waals surface area (Å²) in [7, 11) is 0. The Morgan fingerprint density at radius 1 is 0.526 bits per heavy atom. The maximum absolute atomic E-state index is 15.1. The number of amides is 14. The van der Waals surface area contributed by atoms with Crippen LogP contribution in [-0.4, -0.2) is 352 Å². The summed E-state index contributed by atoms with van der Waals surface area (Å²) in [6.45, 7) is 2.85. The van der Waals surface area contributed by atoms with Gasteiger partial charge in [0.25, 0.3) is 11.8 Å². The summed E-state index contributed by atoms with van der Waals surface area (Å²) in [5.74, 6) is -19.0. The largest absolute Gasteiger partial charge is 0.481 e. The molecule has 0 aliphatic carbocycles. The smallest absolute Gasteiger partial charge is 0.317 e. The lowest BCUT2D eigenvalue weighted by Gasteiger charge is -2.33. The van der Waals surface area contributed by atoms with Gasteiger partial charge < -0.3 is 99.2 Å². The number of benzene rings is 1. The molecule has 42 nitrogen and oxygen atoms in total. The van der Waals surface area contributed by atoms with Crippen LogP contribution in [0, 0.1) is 0 Å². The van der Waals surface area contributed by atoms with Crippen LogP contribution in [0.4, 0.5) is 0 Å². The minimum absolute atomic E-state index is 0.00882. The highest BCUT2D eigenvalue weighted by Crippen LogP contribution is 2.34. The van der Waals surface area contributed by atoms with Crippen molar-refractivity contribution in [2.45, 2.75) is 145 Å². The van der Waals surface area contributed by atoms with Crippen molar-refractivity contribution in [3.05, 3.63) is 45.7 Å². The molecule has 44 heteroatoms. The molecule has 9 atom stereocenters. The van der Waals surface area contributed by atoms with Crippen molar-refractivity contribution in [2.75, 3.05) is 136 Å². The lowest BCUT2D eigenvalue weighted by atomic mass is 10.0. The third-order valence-corrected chi connectivity index (χ3v) is 20.9. The predicted molar refractivity (Wildman–Crippen MR) is 404 cm³/mol. The maximum Gasteiger partial charge on any atom is 0.317 e. The Balaban J connectivity index is 1.33. The second-order valence-electron chi connectivity index (χ2n) is 27.5. The van der Waals surface area contributed by atoms with Gasteiger partial charge in [-0.1, -0.05) is 50.1 Å². The second-order valence-corrected chi connectivity index (χ2v) is 29.6. The number of primary amides is 3. The Kier molecular flexibility index (Phi) is 40.6. The van der Waals surface area contributed by atoms with Crippen molar-refractivity contribution in [3.8, 4) is 0 Å². The van der Waals surface area contributed by atoms with E-state index < -0.39 is 208 Å². The van der Waals surface area contributed by atoms with E-state index in [0.717, 1.165) is 0 Å². The van der Waals surface area contributed by atoms with Crippen LogP contribution < -0.4 is 59.7 Å². The number of imide groups is 1. The van der Waals surface area contributed by atoms with Gasteiger partial charge in [-0.25, -0.2) is 0 Å². The lowest BCUT2D eigenvalue weighted by molar-refractivity contribution is -0.147. The average molecular weight is 1650 g/mol. The van der Waals surface area contributed by atoms with Gasteiger partial charge in [-0.2, -0.15) is 0 Å². The first-order valence-corrected chi connectivity index (χ1v) is 39.1. The number of nitrogens with one attached hydrogen (secondary N) is 8. The summed E-state index contributed by atoms with van der Waals surface area (Å²) in [6, 6.07) is -4.12. The number of rotatable bonds is 48. The Labute approximate surface area is 664 Å². The van der Waals surface area contributed by atoms with Crippen LogP contribution in [0.1, 0.15) is 90.0 Å². The number of aliphatic hydroxyl groups excluding tert-OH is 1. The van der Waals surface area contributed by atoms with Gasteiger partial charge in [-0.3, -0.25) is 111 Å². The van der Waals surface area contributed by atoms with E-state index >= 15 is 4.79 Å². The first-order valence-electron chi connectivity index (χ1n) is 37.2. The quantitative estimate of drug-likeness (QED) is 0.0213. The van der Waals surface area contributed by atoms with Crippen LogP contribution in [0.3, 0.4) is 0 Å². The van der Waals surface area contributed by atoms with Crippen LogP contribution in [0.15, 0.2) is 40.1 Å². The van der Waals surface area contributed by atoms with Crippen molar-refractivity contribution in [3.63, 3.8) is 0 Å². The number of nitrogens with zero attached hydrogens (tertiary/aromatic N) is 6. The predicted octanol–water partition coefficient (Wildman–Crippen LogP) is -7.25. The number of carboxylic acids is 4. The monoisotopic (exact) mass is 1650 g/mol. The first kappa shape index (κ1) is 94.6. The molecule has 0 bridgehead atoms. The standard InChI is InChI=1S/C70H105N17O25S2/c1-3-4-12-43(76-54(92)38-112-30-29-111-28-17-74-53(91)34-82-20-22-83(35-56(95)96)24-26-85(37-58(99)100)27-25-84(23-21-82)36-57(97)98)63(103)80-48(69(109)87-19-9-14-50(87)70(110)86-18-8-13-49(86)62(73)102)40-114-60-59(67(107)81-68(60)108)113-39-47(66(106)77-45(61(72)101)33-55(93)94)79-65(105)46(32-42-10-6-5-7-11-42)78-64(104)44(15-16-51(71)89)75-52(90)31-41(2)88/h5-7,10-11,41,43-50,88H,3-4,8-9,12-40H2,1-2H3,(H2,71,89)(H2,72,101)(H2,73,102)(H,74,91)(H,75,90)(H,76,92)(H,77,106)(H,78,104)(H,79,105)(H,80,103)(H,93,94)(H,95,96)(H,97,98)(H,99,100)(H,81,107,108)/t41-,43+,44+,45+,46+,47+,48+,49+,50+/m1/s1. The SMILES string of the molecule is CCCC[C@H](NC(=O)COCCOCCNC(=O)CN1CCN(CC(=O)O)CCN(CC(=O)O)CCN(CC(=O)O)CC1)C(=O)N[C@@H](CSC1=C(SC[C@H](NC(=O)[C@H](Cc2ccccc2)NC(=O)[C@H](CCC(N)=O)NC(=O)C[C@@H](C)O)C(=O)N[C@@H](CC(=O)O)C(N)=O)C(=O)NC1=O)C(=O)N1CCC[C@H]1C(=O)N1CCC[C@H]1C(N)=O. The molecule has 0 aromatic heterocycles. The van der Waals surface area contributed by atoms with Crippen molar-refractivity contribution in [2.24, 2.45) is 17.2 Å². The van der Waals surface area contributed by atoms with E-state index in [1.165, 1.54) is 16.7 Å². The van der Waals surface area contributed by atoms with E-state index in [0.29, 0.717) is 48.3 Å². The molecule has 0 unspecified atom stereocenters. The molecular formula is C70H105N17O25S2. The molecule has 19 N–H and O–H groups in total. The molecule has 3 saturated heterocycles. The van der Waals surface area contributed by atoms with Crippen molar-refractivity contribution in [1.29, 1.82) is 0 Å². The molecule has 3 fully saturated rings. The lowest BCUT2D eigenvalue weighted by Crippen LogP contribution is -2.59. The molecule has 1 aromatic carbocycles. The van der Waals surface area contributed by atoms with Crippen molar-refractivity contribution < 1.29 is 121 Å². The van der Waals surface area contributed by atoms with E-state index in [1.807, 2.05) is 6.92 Å². The Bertz CT molecular complexity index is 3590. The summed E-state index contributed by atoms with van der Waals surface area (Å²) in [5, 5.41) is 67.7. The molecule has 632 valence electrons. The third-order valence-electron chi connectivity index (χ3n) is 18.4. The van der Waals surface area contributed by atoms with Crippen molar-refractivity contribution in [1.82, 2.24) is 71.9 Å². The number of hydrogen-bond donors (Lipinski definition) is 16. The van der Waals surface area contributed by atoms with Crippen molar-refractivity contribution >= 4 is 130 Å². The Morgan fingerprint density at radius 2 is 1.00 bits per heavy atom. The minimum Gasteiger partial charge on any atom is -0.481 e. The first-order chi connectivity index (χ1) is 54.1. The summed E-state index contributed by atoms with van der Waals surface area (Å²) >= 11 is 1.05. The van der Waals surface area contributed by atoms with Crippen LogP contribution >= 0.6 is 23.5 Å². The normalized spacial score (nSPS) is 18.6. The fourth-order valence-electron chi connectivity index (χ4n) is 12.6. The molecule has 14 amide bonds. The summed E-state index contributed by atoms with van der Waals surface area (Å²) in [6.07, 6.45) is -1.81. The fraction of sp³-hybridized carbons (Fsp3) is 0.629. The van der Waals surface area contributed by atoms with Gasteiger partial charge in [-0.15, -0.1) is 23.5 Å². The summed E-state index contributed by atoms with van der Waals surface area (Å²) in [5.41, 5.74) is 16.9. The molecule has 5 rings (SSSR count). The number of unbranched alkanes of at least 4 members (excludes halogenated alkanes) is 1. The molecule has 4 aliphatic rings. The van der Waals surface area contributed by atoms with Gasteiger partial charge in [-0.05, 0) is 51.0 Å². The summed E-state index contributed by atoms with van der Waals surface area (Å²) < 4.78 is 11.2. The average Bonchev–Trinajstić information content (AvgIpc) is 1.65. The van der Waals surface area contributed by atoms with Gasteiger partial charge in [0.1, 0.15) is 54.9 Å². The van der Waals surface area contributed by atoms with Crippen LogP contribution in [0.2, 0.25) is 0 Å². The number of thioether (sulfide) groups is 2. The Morgan fingerprint density at radius 3 is 1.52 bits per heavy atom. The van der Waals surface area contributed by atoms with Gasteiger partial charge in [0.2, 0.25) is 70.9 Å². The molecule has 1 aromatic rings. The van der Waals surface area contributed by atoms with E-state index in [-0.39, 0.29) is 157 Å². The molecule has 4 heterocycles.